The monoisotopic (exact) mass is 379 g/mol. The maximum Gasteiger partial charge on any atom is 0.245 e. The molecular weight excluding hydrogens is 358 g/mol. The standard InChI is InChI=1S/C22H21NO3S/c1-17-12-14-20(15-13-17)27(24,25)23-16-26-22(19-10-6-3-7-11-19)21(23)18-8-4-2-5-9-18/h2-15,21-22H,16H2,1H3/t21-,22+/m1/s1. The van der Waals surface area contributed by atoms with Gasteiger partial charge in [-0.2, -0.15) is 4.31 Å². The second-order valence-corrected chi connectivity index (χ2v) is 8.58. The SMILES string of the molecule is Cc1ccc(S(=O)(=O)N2CO[C@@H](c3ccccc3)[C@H]2c2ccccc2)cc1. The molecule has 0 radical (unpaired) electrons. The molecular formula is C22H21NO3S. The molecule has 3 aromatic carbocycles. The summed E-state index contributed by atoms with van der Waals surface area (Å²) >= 11 is 0. The molecule has 0 unspecified atom stereocenters. The molecule has 1 aliphatic rings. The quantitative estimate of drug-likeness (QED) is 0.673. The number of nitrogens with zero attached hydrogens (tertiary/aromatic N) is 1. The molecule has 1 heterocycles. The minimum absolute atomic E-state index is 0.0231. The van der Waals surface area contributed by atoms with Crippen molar-refractivity contribution in [3.63, 3.8) is 0 Å². The van der Waals surface area contributed by atoms with Crippen molar-refractivity contribution in [2.24, 2.45) is 0 Å². The Bertz CT molecular complexity index is 1000. The number of rotatable bonds is 4. The fraction of sp³-hybridized carbons (Fsp3) is 0.182. The smallest absolute Gasteiger partial charge is 0.245 e. The van der Waals surface area contributed by atoms with Crippen LogP contribution >= 0.6 is 0 Å². The number of aryl methyl sites for hydroxylation is 1. The predicted octanol–water partition coefficient (Wildman–Crippen LogP) is 4.46. The van der Waals surface area contributed by atoms with E-state index in [0.717, 1.165) is 16.7 Å². The second-order valence-electron chi connectivity index (χ2n) is 6.69. The Labute approximate surface area is 160 Å². The summed E-state index contributed by atoms with van der Waals surface area (Å²) in [5, 5.41) is 0. The van der Waals surface area contributed by atoms with Crippen LogP contribution in [-0.4, -0.2) is 19.5 Å². The van der Waals surface area contributed by atoms with Crippen molar-refractivity contribution in [2.75, 3.05) is 6.73 Å². The topological polar surface area (TPSA) is 46.6 Å². The van der Waals surface area contributed by atoms with E-state index in [4.69, 9.17) is 4.74 Å². The van der Waals surface area contributed by atoms with E-state index in [1.54, 1.807) is 12.1 Å². The molecule has 1 saturated heterocycles. The van der Waals surface area contributed by atoms with Crippen molar-refractivity contribution in [2.45, 2.75) is 24.0 Å². The highest BCUT2D eigenvalue weighted by molar-refractivity contribution is 7.89. The number of hydrogen-bond donors (Lipinski definition) is 0. The van der Waals surface area contributed by atoms with Gasteiger partial charge in [0.15, 0.2) is 0 Å². The molecule has 138 valence electrons. The van der Waals surface area contributed by atoms with Crippen LogP contribution in [-0.2, 0) is 14.8 Å². The first-order valence-corrected chi connectivity index (χ1v) is 10.3. The highest BCUT2D eigenvalue weighted by Gasteiger charge is 2.44. The molecule has 4 rings (SSSR count). The van der Waals surface area contributed by atoms with E-state index in [0.29, 0.717) is 0 Å². The van der Waals surface area contributed by atoms with Crippen LogP contribution in [0.15, 0.2) is 89.8 Å². The fourth-order valence-corrected chi connectivity index (χ4v) is 4.93. The minimum Gasteiger partial charge on any atom is -0.355 e. The molecule has 1 aliphatic heterocycles. The van der Waals surface area contributed by atoms with E-state index in [9.17, 15) is 8.42 Å². The summed E-state index contributed by atoms with van der Waals surface area (Å²) in [7, 11) is -3.69. The third-order valence-electron chi connectivity index (χ3n) is 4.88. The Balaban J connectivity index is 1.79. The summed E-state index contributed by atoms with van der Waals surface area (Å²) in [5.41, 5.74) is 2.90. The summed E-state index contributed by atoms with van der Waals surface area (Å²) in [6.07, 6.45) is -0.353. The van der Waals surface area contributed by atoms with E-state index >= 15 is 0 Å². The van der Waals surface area contributed by atoms with E-state index in [1.165, 1.54) is 4.31 Å². The Hall–Kier alpha value is -2.47. The lowest BCUT2D eigenvalue weighted by molar-refractivity contribution is 0.0978. The van der Waals surface area contributed by atoms with Crippen LogP contribution in [0.2, 0.25) is 0 Å². The fourth-order valence-electron chi connectivity index (χ4n) is 3.45. The zero-order chi connectivity index (χ0) is 18.9. The summed E-state index contributed by atoms with van der Waals surface area (Å²) in [6.45, 7) is 1.96. The van der Waals surface area contributed by atoms with Gasteiger partial charge in [-0.25, -0.2) is 8.42 Å². The Morgan fingerprint density at radius 1 is 0.815 bits per heavy atom. The lowest BCUT2D eigenvalue weighted by atomic mass is 9.97. The molecule has 4 nitrogen and oxygen atoms in total. The Kier molecular flexibility index (Phi) is 4.83. The minimum atomic E-state index is -3.69. The van der Waals surface area contributed by atoms with Gasteiger partial charge in [-0.15, -0.1) is 0 Å². The number of hydrogen-bond acceptors (Lipinski definition) is 3. The number of ether oxygens (including phenoxy) is 1. The van der Waals surface area contributed by atoms with Gasteiger partial charge in [0.1, 0.15) is 12.8 Å². The third kappa shape index (κ3) is 3.41. The summed E-state index contributed by atoms with van der Waals surface area (Å²) in [5.74, 6) is 0. The van der Waals surface area contributed by atoms with Crippen LogP contribution in [0, 0.1) is 6.92 Å². The van der Waals surface area contributed by atoms with Gasteiger partial charge in [0.2, 0.25) is 10.0 Å². The van der Waals surface area contributed by atoms with Crippen molar-refractivity contribution in [3.8, 4) is 0 Å². The van der Waals surface area contributed by atoms with E-state index in [-0.39, 0.29) is 17.7 Å². The van der Waals surface area contributed by atoms with Gasteiger partial charge in [-0.05, 0) is 30.2 Å². The molecule has 2 atom stereocenters. The van der Waals surface area contributed by atoms with Crippen molar-refractivity contribution < 1.29 is 13.2 Å². The average Bonchev–Trinajstić information content (AvgIpc) is 3.16. The lowest BCUT2D eigenvalue weighted by Crippen LogP contribution is -2.32. The molecule has 5 heteroatoms. The number of benzene rings is 3. The molecule has 0 aliphatic carbocycles. The molecule has 3 aromatic rings. The first-order valence-electron chi connectivity index (χ1n) is 8.87. The normalized spacial score (nSPS) is 20.6. The largest absolute Gasteiger partial charge is 0.355 e. The first kappa shape index (κ1) is 17.9. The van der Waals surface area contributed by atoms with Gasteiger partial charge in [-0.3, -0.25) is 0 Å². The molecule has 0 spiro atoms. The Morgan fingerprint density at radius 2 is 1.37 bits per heavy atom. The predicted molar refractivity (Wildman–Crippen MR) is 105 cm³/mol. The van der Waals surface area contributed by atoms with Gasteiger partial charge < -0.3 is 4.74 Å². The van der Waals surface area contributed by atoms with Gasteiger partial charge in [0.05, 0.1) is 10.9 Å². The third-order valence-corrected chi connectivity index (χ3v) is 6.69. The molecule has 0 bridgehead atoms. The van der Waals surface area contributed by atoms with Crippen molar-refractivity contribution in [3.05, 3.63) is 102 Å². The highest BCUT2D eigenvalue weighted by atomic mass is 32.2. The van der Waals surface area contributed by atoms with Crippen LogP contribution in [0.3, 0.4) is 0 Å². The van der Waals surface area contributed by atoms with Crippen LogP contribution in [0.25, 0.3) is 0 Å². The zero-order valence-corrected chi connectivity index (χ0v) is 15.8. The van der Waals surface area contributed by atoms with E-state index in [2.05, 4.69) is 0 Å². The first-order chi connectivity index (χ1) is 13.1. The maximum atomic E-state index is 13.4. The molecule has 0 N–H and O–H groups in total. The van der Waals surface area contributed by atoms with Gasteiger partial charge in [-0.1, -0.05) is 78.4 Å². The second kappa shape index (κ2) is 7.27. The van der Waals surface area contributed by atoms with Gasteiger partial charge >= 0.3 is 0 Å². The summed E-state index contributed by atoms with van der Waals surface area (Å²) in [6, 6.07) is 26.0. The molecule has 0 saturated carbocycles. The van der Waals surface area contributed by atoms with Crippen LogP contribution in [0.1, 0.15) is 28.8 Å². The van der Waals surface area contributed by atoms with Crippen molar-refractivity contribution >= 4 is 10.0 Å². The maximum absolute atomic E-state index is 13.4. The van der Waals surface area contributed by atoms with E-state index < -0.39 is 16.1 Å². The average molecular weight is 379 g/mol. The molecule has 0 aromatic heterocycles. The van der Waals surface area contributed by atoms with Gasteiger partial charge in [0.25, 0.3) is 0 Å². The lowest BCUT2D eigenvalue weighted by Gasteiger charge is -2.26. The van der Waals surface area contributed by atoms with Crippen molar-refractivity contribution in [1.29, 1.82) is 0 Å². The highest BCUT2D eigenvalue weighted by Crippen LogP contribution is 2.44. The van der Waals surface area contributed by atoms with Crippen LogP contribution < -0.4 is 0 Å². The molecule has 27 heavy (non-hydrogen) atoms. The van der Waals surface area contributed by atoms with Crippen molar-refractivity contribution in [1.82, 2.24) is 4.31 Å². The van der Waals surface area contributed by atoms with Crippen LogP contribution in [0.5, 0.6) is 0 Å². The Morgan fingerprint density at radius 3 is 1.96 bits per heavy atom. The van der Waals surface area contributed by atoms with Gasteiger partial charge in [0, 0.05) is 0 Å². The van der Waals surface area contributed by atoms with E-state index in [1.807, 2.05) is 79.7 Å². The number of sulfonamides is 1. The van der Waals surface area contributed by atoms with Crippen LogP contribution in [0.4, 0.5) is 0 Å². The summed E-state index contributed by atoms with van der Waals surface area (Å²) < 4.78 is 34.2. The summed E-state index contributed by atoms with van der Waals surface area (Å²) in [4.78, 5) is 0.284. The molecule has 0 amide bonds. The zero-order valence-electron chi connectivity index (χ0n) is 15.0. The molecule has 1 fully saturated rings.